The number of amidine groups is 1. The number of hydrogen-bond donors (Lipinski definition) is 2. The number of nitrogen functional groups attached to an aromatic ring is 1. The van der Waals surface area contributed by atoms with E-state index in [1.165, 1.54) is 32.4 Å². The van der Waals surface area contributed by atoms with Crippen LogP contribution in [0.5, 0.6) is 5.88 Å². The van der Waals surface area contributed by atoms with Crippen LogP contribution in [0.15, 0.2) is 18.3 Å². The fraction of sp³-hybridized carbons (Fsp3) is 0.538. The maximum atomic E-state index is 7.36. The van der Waals surface area contributed by atoms with Gasteiger partial charge < -0.3 is 10.5 Å². The van der Waals surface area contributed by atoms with Crippen molar-refractivity contribution >= 4 is 5.84 Å². The van der Waals surface area contributed by atoms with Crippen molar-refractivity contribution in [3.63, 3.8) is 0 Å². The minimum absolute atomic E-state index is 0.0401. The standard InChI is InChI=1S/C13H20N4O/c14-13(15)11-4-5-16-12(10-11)18-9-8-17-6-2-1-3-7-17/h4-5,10H,1-3,6-9H2,(H3,14,15). The van der Waals surface area contributed by atoms with Crippen LogP contribution >= 0.6 is 0 Å². The van der Waals surface area contributed by atoms with Crippen molar-refractivity contribution in [1.29, 1.82) is 5.41 Å². The summed E-state index contributed by atoms with van der Waals surface area (Å²) in [6.45, 7) is 3.91. The van der Waals surface area contributed by atoms with Gasteiger partial charge in [-0.05, 0) is 32.0 Å². The minimum Gasteiger partial charge on any atom is -0.476 e. The quantitative estimate of drug-likeness (QED) is 0.607. The molecule has 0 amide bonds. The Balaban J connectivity index is 1.78. The van der Waals surface area contributed by atoms with E-state index in [1.807, 2.05) is 0 Å². The number of hydrogen-bond acceptors (Lipinski definition) is 4. The smallest absolute Gasteiger partial charge is 0.213 e. The average Bonchev–Trinajstić information content (AvgIpc) is 2.40. The van der Waals surface area contributed by atoms with Crippen LogP contribution in [0.2, 0.25) is 0 Å². The lowest BCUT2D eigenvalue weighted by atomic mass is 10.1. The summed E-state index contributed by atoms with van der Waals surface area (Å²) in [4.78, 5) is 6.53. The zero-order valence-electron chi connectivity index (χ0n) is 10.6. The van der Waals surface area contributed by atoms with Gasteiger partial charge in [-0.25, -0.2) is 4.98 Å². The van der Waals surface area contributed by atoms with Crippen LogP contribution in [0.4, 0.5) is 0 Å². The second-order valence-corrected chi connectivity index (χ2v) is 4.55. The molecule has 0 saturated carbocycles. The fourth-order valence-electron chi connectivity index (χ4n) is 2.12. The van der Waals surface area contributed by atoms with Gasteiger partial charge in [-0.15, -0.1) is 0 Å². The number of piperidine rings is 1. The Labute approximate surface area is 107 Å². The second-order valence-electron chi connectivity index (χ2n) is 4.55. The molecule has 1 aliphatic rings. The van der Waals surface area contributed by atoms with Gasteiger partial charge in [-0.2, -0.15) is 0 Å². The zero-order valence-corrected chi connectivity index (χ0v) is 10.6. The van der Waals surface area contributed by atoms with Crippen LogP contribution in [0, 0.1) is 5.41 Å². The van der Waals surface area contributed by atoms with Gasteiger partial charge >= 0.3 is 0 Å². The summed E-state index contributed by atoms with van der Waals surface area (Å²) in [5, 5.41) is 7.36. The topological polar surface area (TPSA) is 75.2 Å². The number of nitrogens with two attached hydrogens (primary N) is 1. The highest BCUT2D eigenvalue weighted by Crippen LogP contribution is 2.10. The number of rotatable bonds is 5. The normalized spacial score (nSPS) is 16.4. The van der Waals surface area contributed by atoms with E-state index in [1.54, 1.807) is 18.3 Å². The van der Waals surface area contributed by atoms with Gasteiger partial charge in [0.15, 0.2) is 0 Å². The molecule has 0 aliphatic carbocycles. The number of nitrogens with one attached hydrogen (secondary N) is 1. The summed E-state index contributed by atoms with van der Waals surface area (Å²) in [6.07, 6.45) is 5.54. The van der Waals surface area contributed by atoms with Crippen LogP contribution in [-0.4, -0.2) is 42.0 Å². The molecule has 1 aliphatic heterocycles. The van der Waals surface area contributed by atoms with E-state index in [0.29, 0.717) is 18.1 Å². The molecule has 5 nitrogen and oxygen atoms in total. The Bertz CT molecular complexity index is 402. The Kier molecular flexibility index (Phi) is 4.52. The maximum Gasteiger partial charge on any atom is 0.213 e. The van der Waals surface area contributed by atoms with Crippen LogP contribution in [-0.2, 0) is 0 Å². The van der Waals surface area contributed by atoms with E-state index in [4.69, 9.17) is 15.9 Å². The molecule has 2 rings (SSSR count). The third kappa shape index (κ3) is 3.70. The molecule has 1 saturated heterocycles. The molecule has 0 radical (unpaired) electrons. The maximum absolute atomic E-state index is 7.36. The van der Waals surface area contributed by atoms with E-state index < -0.39 is 0 Å². The molecule has 1 aromatic rings. The molecule has 0 atom stereocenters. The van der Waals surface area contributed by atoms with Gasteiger partial charge in [0.1, 0.15) is 12.4 Å². The molecule has 0 bridgehead atoms. The molecule has 0 spiro atoms. The Hall–Kier alpha value is -1.62. The summed E-state index contributed by atoms with van der Waals surface area (Å²) in [5.41, 5.74) is 6.07. The van der Waals surface area contributed by atoms with Crippen LogP contribution in [0.3, 0.4) is 0 Å². The molecule has 1 aromatic heterocycles. The summed E-state index contributed by atoms with van der Waals surface area (Å²) in [6, 6.07) is 3.42. The van der Waals surface area contributed by atoms with E-state index in [2.05, 4.69) is 9.88 Å². The highest BCUT2D eigenvalue weighted by atomic mass is 16.5. The SMILES string of the molecule is N=C(N)c1ccnc(OCCN2CCCCC2)c1. The number of likely N-dealkylation sites (tertiary alicyclic amines) is 1. The van der Waals surface area contributed by atoms with E-state index in [9.17, 15) is 0 Å². The lowest BCUT2D eigenvalue weighted by Crippen LogP contribution is -2.33. The van der Waals surface area contributed by atoms with Crippen LogP contribution in [0.25, 0.3) is 0 Å². The minimum atomic E-state index is 0.0401. The first-order chi connectivity index (χ1) is 8.75. The lowest BCUT2D eigenvalue weighted by Gasteiger charge is -2.26. The van der Waals surface area contributed by atoms with Crippen molar-refractivity contribution in [3.8, 4) is 5.88 Å². The monoisotopic (exact) mass is 248 g/mol. The number of ether oxygens (including phenoxy) is 1. The predicted octanol–water partition coefficient (Wildman–Crippen LogP) is 1.23. The third-order valence-electron chi connectivity index (χ3n) is 3.15. The van der Waals surface area contributed by atoms with Gasteiger partial charge in [0.25, 0.3) is 0 Å². The molecule has 2 heterocycles. The molecule has 0 aromatic carbocycles. The van der Waals surface area contributed by atoms with Crippen molar-refractivity contribution in [2.75, 3.05) is 26.2 Å². The Morgan fingerprint density at radius 1 is 1.39 bits per heavy atom. The van der Waals surface area contributed by atoms with Crippen LogP contribution in [0.1, 0.15) is 24.8 Å². The largest absolute Gasteiger partial charge is 0.476 e. The zero-order chi connectivity index (χ0) is 12.8. The van der Waals surface area contributed by atoms with Gasteiger partial charge in [0, 0.05) is 24.4 Å². The summed E-state index contributed by atoms with van der Waals surface area (Å²) in [7, 11) is 0. The molecule has 18 heavy (non-hydrogen) atoms. The van der Waals surface area contributed by atoms with Gasteiger partial charge in [0.05, 0.1) is 0 Å². The summed E-state index contributed by atoms with van der Waals surface area (Å²) >= 11 is 0. The fourth-order valence-corrected chi connectivity index (χ4v) is 2.12. The highest BCUT2D eigenvalue weighted by molar-refractivity contribution is 5.95. The first kappa shape index (κ1) is 12.8. The second kappa shape index (κ2) is 6.35. The molecular formula is C13H20N4O. The first-order valence-electron chi connectivity index (χ1n) is 6.41. The van der Waals surface area contributed by atoms with Gasteiger partial charge in [0.2, 0.25) is 5.88 Å². The number of nitrogens with zero attached hydrogens (tertiary/aromatic N) is 2. The molecule has 98 valence electrons. The van der Waals surface area contributed by atoms with Crippen molar-refractivity contribution < 1.29 is 4.74 Å². The molecule has 1 fully saturated rings. The lowest BCUT2D eigenvalue weighted by molar-refractivity contribution is 0.180. The predicted molar refractivity (Wildman–Crippen MR) is 71.0 cm³/mol. The average molecular weight is 248 g/mol. The Morgan fingerprint density at radius 2 is 2.17 bits per heavy atom. The van der Waals surface area contributed by atoms with E-state index in [-0.39, 0.29) is 5.84 Å². The van der Waals surface area contributed by atoms with Gasteiger partial charge in [-0.3, -0.25) is 10.3 Å². The van der Waals surface area contributed by atoms with E-state index >= 15 is 0 Å². The van der Waals surface area contributed by atoms with Crippen molar-refractivity contribution in [3.05, 3.63) is 23.9 Å². The van der Waals surface area contributed by atoms with Crippen LogP contribution < -0.4 is 10.5 Å². The molecule has 3 N–H and O–H groups in total. The molecular weight excluding hydrogens is 228 g/mol. The molecule has 0 unspecified atom stereocenters. The Morgan fingerprint density at radius 3 is 2.89 bits per heavy atom. The van der Waals surface area contributed by atoms with Gasteiger partial charge in [-0.1, -0.05) is 6.42 Å². The number of aromatic nitrogens is 1. The summed E-state index contributed by atoms with van der Waals surface area (Å²) in [5.74, 6) is 0.581. The van der Waals surface area contributed by atoms with E-state index in [0.717, 1.165) is 6.54 Å². The first-order valence-corrected chi connectivity index (χ1v) is 6.41. The van der Waals surface area contributed by atoms with Crippen molar-refractivity contribution in [2.24, 2.45) is 5.73 Å². The third-order valence-corrected chi connectivity index (χ3v) is 3.15. The summed E-state index contributed by atoms with van der Waals surface area (Å²) < 4.78 is 5.59. The molecule has 5 heteroatoms. The highest BCUT2D eigenvalue weighted by Gasteiger charge is 2.09. The van der Waals surface area contributed by atoms with Crippen molar-refractivity contribution in [2.45, 2.75) is 19.3 Å². The number of pyridine rings is 1. The van der Waals surface area contributed by atoms with Crippen molar-refractivity contribution in [1.82, 2.24) is 9.88 Å².